The van der Waals surface area contributed by atoms with Crippen LogP contribution in [0.2, 0.25) is 0 Å². The molecule has 0 aliphatic heterocycles. The van der Waals surface area contributed by atoms with E-state index in [1.165, 1.54) is 0 Å². The van der Waals surface area contributed by atoms with Gasteiger partial charge in [0.1, 0.15) is 6.10 Å². The smallest absolute Gasteiger partial charge is 0.309 e. The van der Waals surface area contributed by atoms with E-state index in [1.807, 2.05) is 20.8 Å². The minimum Gasteiger partial charge on any atom is -0.481 e. The number of carboxylic acids is 1. The van der Waals surface area contributed by atoms with Crippen LogP contribution in [0.15, 0.2) is 0 Å². The first kappa shape index (κ1) is 14.0. The Morgan fingerprint density at radius 3 is 1.94 bits per heavy atom. The number of hydrogen-bond donors (Lipinski definition) is 1. The normalized spacial score (nSPS) is 26.6. The summed E-state index contributed by atoms with van der Waals surface area (Å²) in [5.74, 6) is -0.968. The summed E-state index contributed by atoms with van der Waals surface area (Å²) in [6.07, 6.45) is 2.39. The fraction of sp³-hybridized carbons (Fsp3) is 0.846. The predicted octanol–water partition coefficient (Wildman–Crippen LogP) is 2.47. The molecule has 0 aromatic carbocycles. The van der Waals surface area contributed by atoms with Crippen LogP contribution in [0.1, 0.15) is 46.5 Å². The van der Waals surface area contributed by atoms with Crippen LogP contribution in [0, 0.1) is 17.8 Å². The van der Waals surface area contributed by atoms with Gasteiger partial charge >= 0.3 is 11.9 Å². The molecule has 4 nitrogen and oxygen atoms in total. The summed E-state index contributed by atoms with van der Waals surface area (Å²) in [5.41, 5.74) is 0. The first-order valence-corrected chi connectivity index (χ1v) is 6.35. The molecule has 0 aromatic rings. The minimum atomic E-state index is -0.743. The molecule has 1 rings (SSSR count). The summed E-state index contributed by atoms with van der Waals surface area (Å²) in [4.78, 5) is 22.6. The van der Waals surface area contributed by atoms with Gasteiger partial charge in [0.2, 0.25) is 0 Å². The molecule has 1 saturated carbocycles. The second-order valence-corrected chi connectivity index (χ2v) is 5.27. The van der Waals surface area contributed by atoms with E-state index in [2.05, 4.69) is 0 Å². The van der Waals surface area contributed by atoms with Crippen LogP contribution in [0.4, 0.5) is 0 Å². The van der Waals surface area contributed by atoms with Gasteiger partial charge in [-0.1, -0.05) is 13.8 Å². The lowest BCUT2D eigenvalue weighted by Gasteiger charge is -2.26. The van der Waals surface area contributed by atoms with Gasteiger partial charge in [0.15, 0.2) is 0 Å². The second-order valence-electron chi connectivity index (χ2n) is 5.27. The van der Waals surface area contributed by atoms with E-state index in [0.717, 1.165) is 0 Å². The minimum absolute atomic E-state index is 0.0697. The first-order valence-electron chi connectivity index (χ1n) is 6.35. The Morgan fingerprint density at radius 1 is 1.06 bits per heavy atom. The summed E-state index contributed by atoms with van der Waals surface area (Å²) in [7, 11) is 0. The van der Waals surface area contributed by atoms with Gasteiger partial charge in [-0.25, -0.2) is 0 Å². The number of rotatable bonds is 4. The number of esters is 1. The van der Waals surface area contributed by atoms with Crippen LogP contribution in [-0.4, -0.2) is 23.1 Å². The molecule has 0 saturated heterocycles. The number of ether oxygens (including phenoxy) is 1. The summed E-state index contributed by atoms with van der Waals surface area (Å²) >= 11 is 0. The van der Waals surface area contributed by atoms with E-state index >= 15 is 0 Å². The molecule has 1 aliphatic rings. The fourth-order valence-electron chi connectivity index (χ4n) is 1.99. The third kappa shape index (κ3) is 4.02. The van der Waals surface area contributed by atoms with Gasteiger partial charge in [-0.2, -0.15) is 0 Å². The molecule has 0 heterocycles. The average molecular weight is 242 g/mol. The zero-order valence-corrected chi connectivity index (χ0v) is 10.8. The van der Waals surface area contributed by atoms with Crippen LogP contribution >= 0.6 is 0 Å². The SMILES string of the molecule is CC(C)C(C)OC(=O)C1CCC(C(=O)O)CC1. The molecule has 0 spiro atoms. The second kappa shape index (κ2) is 6.03. The van der Waals surface area contributed by atoms with Gasteiger partial charge in [-0.15, -0.1) is 0 Å². The maximum absolute atomic E-state index is 11.8. The van der Waals surface area contributed by atoms with Crippen LogP contribution in [-0.2, 0) is 14.3 Å². The molecule has 1 aliphatic carbocycles. The van der Waals surface area contributed by atoms with Crippen LogP contribution in [0.5, 0.6) is 0 Å². The van der Waals surface area contributed by atoms with Gasteiger partial charge in [0.25, 0.3) is 0 Å². The van der Waals surface area contributed by atoms with Crippen molar-refractivity contribution >= 4 is 11.9 Å². The maximum atomic E-state index is 11.8. The monoisotopic (exact) mass is 242 g/mol. The van der Waals surface area contributed by atoms with Crippen molar-refractivity contribution in [2.75, 3.05) is 0 Å². The average Bonchev–Trinajstić information content (AvgIpc) is 2.28. The molecular formula is C13H22O4. The largest absolute Gasteiger partial charge is 0.481 e. The Hall–Kier alpha value is -1.06. The maximum Gasteiger partial charge on any atom is 0.309 e. The number of carboxylic acid groups (broad SMARTS) is 1. The molecule has 1 fully saturated rings. The van der Waals surface area contributed by atoms with E-state index in [4.69, 9.17) is 9.84 Å². The topological polar surface area (TPSA) is 63.6 Å². The Labute approximate surface area is 102 Å². The molecule has 0 radical (unpaired) electrons. The first-order chi connectivity index (χ1) is 7.91. The molecule has 98 valence electrons. The highest BCUT2D eigenvalue weighted by molar-refractivity contribution is 5.74. The fourth-order valence-corrected chi connectivity index (χ4v) is 1.99. The molecule has 1 unspecified atom stereocenters. The zero-order chi connectivity index (χ0) is 13.0. The highest BCUT2D eigenvalue weighted by Gasteiger charge is 2.31. The number of carbonyl (C=O) groups excluding carboxylic acids is 1. The van der Waals surface area contributed by atoms with Crippen molar-refractivity contribution in [1.29, 1.82) is 0 Å². The van der Waals surface area contributed by atoms with Crippen molar-refractivity contribution < 1.29 is 19.4 Å². The molecule has 0 aromatic heterocycles. The lowest BCUT2D eigenvalue weighted by Crippen LogP contribution is -2.30. The number of hydrogen-bond acceptors (Lipinski definition) is 3. The lowest BCUT2D eigenvalue weighted by atomic mass is 9.82. The zero-order valence-electron chi connectivity index (χ0n) is 10.8. The van der Waals surface area contributed by atoms with E-state index in [0.29, 0.717) is 31.6 Å². The van der Waals surface area contributed by atoms with Crippen molar-refractivity contribution in [2.24, 2.45) is 17.8 Å². The van der Waals surface area contributed by atoms with Gasteiger partial charge in [-0.3, -0.25) is 9.59 Å². The molecular weight excluding hydrogens is 220 g/mol. The van der Waals surface area contributed by atoms with Crippen molar-refractivity contribution in [1.82, 2.24) is 0 Å². The van der Waals surface area contributed by atoms with Gasteiger partial charge < -0.3 is 9.84 Å². The molecule has 1 N–H and O–H groups in total. The molecule has 17 heavy (non-hydrogen) atoms. The summed E-state index contributed by atoms with van der Waals surface area (Å²) in [5, 5.41) is 8.87. The van der Waals surface area contributed by atoms with E-state index in [9.17, 15) is 9.59 Å². The van der Waals surface area contributed by atoms with E-state index < -0.39 is 5.97 Å². The predicted molar refractivity (Wildman–Crippen MR) is 63.5 cm³/mol. The van der Waals surface area contributed by atoms with E-state index in [-0.39, 0.29) is 23.9 Å². The van der Waals surface area contributed by atoms with Gasteiger partial charge in [0.05, 0.1) is 11.8 Å². The highest BCUT2D eigenvalue weighted by atomic mass is 16.5. The highest BCUT2D eigenvalue weighted by Crippen LogP contribution is 2.30. The standard InChI is InChI=1S/C13H22O4/c1-8(2)9(3)17-13(16)11-6-4-10(5-7-11)12(14)15/h8-11H,4-7H2,1-3H3,(H,14,15). The quantitative estimate of drug-likeness (QED) is 0.769. The third-order valence-corrected chi connectivity index (χ3v) is 3.65. The van der Waals surface area contributed by atoms with E-state index in [1.54, 1.807) is 0 Å². The van der Waals surface area contributed by atoms with Crippen molar-refractivity contribution in [3.05, 3.63) is 0 Å². The third-order valence-electron chi connectivity index (χ3n) is 3.65. The molecule has 4 heteroatoms. The van der Waals surface area contributed by atoms with Gasteiger partial charge in [0, 0.05) is 0 Å². The Morgan fingerprint density at radius 2 is 1.53 bits per heavy atom. The van der Waals surface area contributed by atoms with Crippen molar-refractivity contribution in [3.8, 4) is 0 Å². The molecule has 0 bridgehead atoms. The number of carbonyl (C=O) groups is 2. The Balaban J connectivity index is 2.38. The van der Waals surface area contributed by atoms with Crippen LogP contribution < -0.4 is 0 Å². The molecule has 0 amide bonds. The van der Waals surface area contributed by atoms with Gasteiger partial charge in [-0.05, 0) is 38.5 Å². The Bertz CT molecular complexity index is 277. The summed E-state index contributed by atoms with van der Waals surface area (Å²) in [6.45, 7) is 5.92. The lowest BCUT2D eigenvalue weighted by molar-refractivity contribution is -0.158. The summed E-state index contributed by atoms with van der Waals surface area (Å²) < 4.78 is 5.36. The molecule has 1 atom stereocenters. The number of aliphatic carboxylic acids is 1. The van der Waals surface area contributed by atoms with Crippen molar-refractivity contribution in [3.63, 3.8) is 0 Å². The Kier molecular flexibility index (Phi) is 4.97. The van der Waals surface area contributed by atoms with Crippen LogP contribution in [0.3, 0.4) is 0 Å². The van der Waals surface area contributed by atoms with Crippen molar-refractivity contribution in [2.45, 2.75) is 52.6 Å². The summed E-state index contributed by atoms with van der Waals surface area (Å²) in [6, 6.07) is 0. The van der Waals surface area contributed by atoms with Crippen LogP contribution in [0.25, 0.3) is 0 Å².